The van der Waals surface area contributed by atoms with Crippen LogP contribution in [0.2, 0.25) is 0 Å². The molecule has 1 aliphatic carbocycles. The maximum Gasteiger partial charge on any atom is 0.172 e. The van der Waals surface area contributed by atoms with E-state index in [-0.39, 0.29) is 5.75 Å². The fourth-order valence-electron chi connectivity index (χ4n) is 3.87. The van der Waals surface area contributed by atoms with Gasteiger partial charge in [-0.15, -0.1) is 0 Å². The summed E-state index contributed by atoms with van der Waals surface area (Å²) in [5.41, 5.74) is 3.58. The molecule has 2 heterocycles. The van der Waals surface area contributed by atoms with Crippen molar-refractivity contribution in [3.05, 3.63) is 54.2 Å². The van der Waals surface area contributed by atoms with Gasteiger partial charge in [0.25, 0.3) is 0 Å². The molecule has 3 N–H and O–H groups in total. The lowest BCUT2D eigenvalue weighted by Gasteiger charge is -2.13. The summed E-state index contributed by atoms with van der Waals surface area (Å²) in [6, 6.07) is 7.06. The van der Waals surface area contributed by atoms with E-state index in [1.165, 1.54) is 18.9 Å². The molecular formula is C23H24FN5O. The van der Waals surface area contributed by atoms with Crippen LogP contribution in [0.25, 0.3) is 33.4 Å². The summed E-state index contributed by atoms with van der Waals surface area (Å²) >= 11 is 0. The number of aryl methyl sites for hydroxylation is 1. The number of nitrogens with zero attached hydrogens (tertiary/aromatic N) is 3. The smallest absolute Gasteiger partial charge is 0.172 e. The highest BCUT2D eigenvalue weighted by molar-refractivity contribution is 5.96. The van der Waals surface area contributed by atoms with Crippen LogP contribution in [0, 0.1) is 11.7 Å². The first kappa shape index (κ1) is 18.8. The monoisotopic (exact) mass is 405 g/mol. The normalized spacial score (nSPS) is 13.9. The van der Waals surface area contributed by atoms with Crippen molar-refractivity contribution in [1.29, 1.82) is 0 Å². The molecule has 5 rings (SSSR count). The zero-order chi connectivity index (χ0) is 20.7. The quantitative estimate of drug-likeness (QED) is 0.424. The van der Waals surface area contributed by atoms with Crippen molar-refractivity contribution >= 4 is 10.9 Å². The van der Waals surface area contributed by atoms with E-state index >= 15 is 0 Å². The Morgan fingerprint density at radius 1 is 1.23 bits per heavy atom. The molecule has 6 nitrogen and oxygen atoms in total. The summed E-state index contributed by atoms with van der Waals surface area (Å²) in [6.45, 7) is 3.65. The third-order valence-corrected chi connectivity index (χ3v) is 5.76. The molecular weight excluding hydrogens is 381 g/mol. The lowest BCUT2D eigenvalue weighted by molar-refractivity contribution is 0.433. The maximum absolute atomic E-state index is 14.8. The number of imidazole rings is 1. The molecule has 4 aromatic rings. The zero-order valence-corrected chi connectivity index (χ0v) is 16.8. The maximum atomic E-state index is 14.8. The van der Waals surface area contributed by atoms with E-state index in [0.29, 0.717) is 24.2 Å². The van der Waals surface area contributed by atoms with Gasteiger partial charge in [-0.05, 0) is 67.1 Å². The number of hydrogen-bond acceptors (Lipinski definition) is 4. The number of phenols is 1. The Hall–Kier alpha value is -3.19. The number of aromatic nitrogens is 4. The number of H-pyrrole nitrogens is 1. The van der Waals surface area contributed by atoms with Crippen LogP contribution in [0.15, 0.2) is 42.9 Å². The van der Waals surface area contributed by atoms with E-state index in [0.717, 1.165) is 40.3 Å². The van der Waals surface area contributed by atoms with Crippen LogP contribution in [0.1, 0.15) is 25.3 Å². The second-order valence-electron chi connectivity index (χ2n) is 7.96. The van der Waals surface area contributed by atoms with Crippen molar-refractivity contribution in [3.8, 4) is 28.3 Å². The number of benzene rings is 2. The number of fused-ring (bicyclic) bond motifs is 1. The van der Waals surface area contributed by atoms with Gasteiger partial charge < -0.3 is 9.67 Å². The van der Waals surface area contributed by atoms with E-state index in [2.05, 4.69) is 25.1 Å². The summed E-state index contributed by atoms with van der Waals surface area (Å²) in [7, 11) is 0. The van der Waals surface area contributed by atoms with Gasteiger partial charge in [0.1, 0.15) is 5.82 Å². The highest BCUT2D eigenvalue weighted by Gasteiger charge is 2.21. The Labute approximate surface area is 173 Å². The molecule has 0 unspecified atom stereocenters. The van der Waals surface area contributed by atoms with Gasteiger partial charge in [0.2, 0.25) is 0 Å². The predicted octanol–water partition coefficient (Wildman–Crippen LogP) is 4.46. The van der Waals surface area contributed by atoms with Crippen LogP contribution in [-0.2, 0) is 13.1 Å². The molecule has 7 heteroatoms. The number of hydrogen-bond donors (Lipinski definition) is 3. The van der Waals surface area contributed by atoms with Crippen molar-refractivity contribution in [1.82, 2.24) is 25.1 Å². The first-order chi connectivity index (χ1) is 14.6. The van der Waals surface area contributed by atoms with E-state index in [9.17, 15) is 9.50 Å². The van der Waals surface area contributed by atoms with Crippen molar-refractivity contribution in [2.45, 2.75) is 32.9 Å². The molecule has 30 heavy (non-hydrogen) atoms. The fourth-order valence-corrected chi connectivity index (χ4v) is 3.87. The minimum atomic E-state index is -0.619. The molecule has 1 fully saturated rings. The van der Waals surface area contributed by atoms with Crippen LogP contribution in [-0.4, -0.2) is 31.4 Å². The van der Waals surface area contributed by atoms with Gasteiger partial charge in [0.15, 0.2) is 11.6 Å². The van der Waals surface area contributed by atoms with E-state index < -0.39 is 5.82 Å². The van der Waals surface area contributed by atoms with E-state index in [1.807, 2.05) is 25.3 Å². The molecule has 0 radical (unpaired) electrons. The molecule has 0 atom stereocenters. The molecule has 0 amide bonds. The Kier molecular flexibility index (Phi) is 4.75. The summed E-state index contributed by atoms with van der Waals surface area (Å²) in [4.78, 5) is 4.58. The molecule has 154 valence electrons. The number of rotatable bonds is 7. The van der Waals surface area contributed by atoms with Gasteiger partial charge in [0.05, 0.1) is 18.4 Å². The van der Waals surface area contributed by atoms with Crippen molar-refractivity contribution in [2.75, 3.05) is 6.54 Å². The van der Waals surface area contributed by atoms with Crippen LogP contribution in [0.5, 0.6) is 5.75 Å². The van der Waals surface area contributed by atoms with Crippen molar-refractivity contribution in [3.63, 3.8) is 0 Å². The van der Waals surface area contributed by atoms with E-state index in [4.69, 9.17) is 0 Å². The molecule has 0 spiro atoms. The summed E-state index contributed by atoms with van der Waals surface area (Å²) in [5, 5.41) is 21.7. The largest absolute Gasteiger partial charge is 0.505 e. The molecule has 0 saturated heterocycles. The summed E-state index contributed by atoms with van der Waals surface area (Å²) in [5.74, 6) is 0.637. The standard InChI is InChI=1S/C23H24FN5O/c1-2-14-7-17(22(24)21(30)8-14)16-9-18(19-12-27-28-20(19)10-16)23-26-5-6-29(23)13-25-11-15-3-4-15/h5-10,12,15,25,30H,2-4,11,13H2,1H3,(H,27,28). The average Bonchev–Trinajstić information content (AvgIpc) is 3.24. The Morgan fingerprint density at radius 3 is 2.90 bits per heavy atom. The topological polar surface area (TPSA) is 78.8 Å². The molecule has 2 aromatic heterocycles. The Bertz CT molecular complexity index is 1210. The average molecular weight is 405 g/mol. The van der Waals surface area contributed by atoms with Crippen LogP contribution in [0.4, 0.5) is 4.39 Å². The number of phenolic OH excluding ortho intramolecular Hbond substituents is 1. The molecule has 1 aliphatic rings. The first-order valence-electron chi connectivity index (χ1n) is 10.3. The second-order valence-corrected chi connectivity index (χ2v) is 7.96. The third kappa shape index (κ3) is 3.45. The molecule has 0 bridgehead atoms. The second kappa shape index (κ2) is 7.57. The van der Waals surface area contributed by atoms with Crippen LogP contribution < -0.4 is 5.32 Å². The Balaban J connectivity index is 1.60. The highest BCUT2D eigenvalue weighted by Crippen LogP contribution is 2.36. The first-order valence-corrected chi connectivity index (χ1v) is 10.3. The van der Waals surface area contributed by atoms with Crippen LogP contribution >= 0.6 is 0 Å². The SMILES string of the molecule is CCc1cc(O)c(F)c(-c2cc(-c3nccn3CNCC3CC3)c3cn[nH]c3c2)c1. The number of nitrogens with one attached hydrogen (secondary N) is 2. The summed E-state index contributed by atoms with van der Waals surface area (Å²) < 4.78 is 16.9. The fraction of sp³-hybridized carbons (Fsp3) is 0.304. The Morgan fingerprint density at radius 2 is 2.10 bits per heavy atom. The van der Waals surface area contributed by atoms with Gasteiger partial charge in [0, 0.05) is 28.9 Å². The molecule has 1 saturated carbocycles. The van der Waals surface area contributed by atoms with Gasteiger partial charge in [-0.3, -0.25) is 10.4 Å². The number of aromatic amines is 1. The van der Waals surface area contributed by atoms with Gasteiger partial charge >= 0.3 is 0 Å². The lowest BCUT2D eigenvalue weighted by Crippen LogP contribution is -2.20. The van der Waals surface area contributed by atoms with Gasteiger partial charge in [-0.2, -0.15) is 5.10 Å². The van der Waals surface area contributed by atoms with Gasteiger partial charge in [-0.1, -0.05) is 6.92 Å². The minimum absolute atomic E-state index is 0.332. The lowest BCUT2D eigenvalue weighted by atomic mass is 9.97. The number of halogens is 1. The molecule has 2 aromatic carbocycles. The zero-order valence-electron chi connectivity index (χ0n) is 16.8. The van der Waals surface area contributed by atoms with Crippen molar-refractivity contribution < 1.29 is 9.50 Å². The van der Waals surface area contributed by atoms with E-state index in [1.54, 1.807) is 18.5 Å². The highest BCUT2D eigenvalue weighted by atomic mass is 19.1. The summed E-state index contributed by atoms with van der Waals surface area (Å²) in [6.07, 6.45) is 8.79. The third-order valence-electron chi connectivity index (χ3n) is 5.76. The van der Waals surface area contributed by atoms with Crippen LogP contribution in [0.3, 0.4) is 0 Å². The predicted molar refractivity (Wildman–Crippen MR) is 114 cm³/mol. The van der Waals surface area contributed by atoms with Gasteiger partial charge in [-0.25, -0.2) is 9.37 Å². The molecule has 0 aliphatic heterocycles. The minimum Gasteiger partial charge on any atom is -0.505 e. The van der Waals surface area contributed by atoms with Crippen molar-refractivity contribution in [2.24, 2.45) is 5.92 Å². The number of aromatic hydroxyl groups is 1.